The lowest BCUT2D eigenvalue weighted by Crippen LogP contribution is -2.64. The van der Waals surface area contributed by atoms with E-state index in [1.165, 1.54) is 0 Å². The number of carbonyl (C=O) groups excluding carboxylic acids is 2. The fourth-order valence-corrected chi connectivity index (χ4v) is 2.19. The van der Waals surface area contributed by atoms with Gasteiger partial charge in [-0.05, 0) is 26.3 Å². The first kappa shape index (κ1) is 15.5. The van der Waals surface area contributed by atoms with Gasteiger partial charge in [0, 0.05) is 12.0 Å². The SMILES string of the molecule is CC(C)(C)OC(=O)NC1(Cc2ccc(C=O)cc2)COC1. The number of ether oxygens (including phenoxy) is 2. The highest BCUT2D eigenvalue weighted by Crippen LogP contribution is 2.23. The average molecular weight is 291 g/mol. The zero-order valence-electron chi connectivity index (χ0n) is 12.6. The largest absolute Gasteiger partial charge is 0.444 e. The Morgan fingerprint density at radius 2 is 1.95 bits per heavy atom. The molecular weight excluding hydrogens is 270 g/mol. The molecule has 2 rings (SSSR count). The Hall–Kier alpha value is -1.88. The standard InChI is InChI=1S/C16H21NO4/c1-15(2,3)21-14(19)17-16(10-20-11-16)8-12-4-6-13(9-18)7-5-12/h4-7,9H,8,10-11H2,1-3H3,(H,17,19). The molecule has 1 aliphatic heterocycles. The molecule has 0 atom stereocenters. The van der Waals surface area contributed by atoms with Crippen molar-refractivity contribution in [3.63, 3.8) is 0 Å². The first-order valence-electron chi connectivity index (χ1n) is 6.95. The van der Waals surface area contributed by atoms with Crippen LogP contribution < -0.4 is 5.32 Å². The van der Waals surface area contributed by atoms with Gasteiger partial charge in [-0.3, -0.25) is 4.79 Å². The third-order valence-electron chi connectivity index (χ3n) is 3.18. The van der Waals surface area contributed by atoms with Crippen molar-refractivity contribution in [2.75, 3.05) is 13.2 Å². The summed E-state index contributed by atoms with van der Waals surface area (Å²) in [6, 6.07) is 7.31. The number of alkyl carbamates (subject to hydrolysis) is 1. The van der Waals surface area contributed by atoms with E-state index in [1.54, 1.807) is 12.1 Å². The van der Waals surface area contributed by atoms with Crippen molar-refractivity contribution in [3.8, 4) is 0 Å². The summed E-state index contributed by atoms with van der Waals surface area (Å²) in [5, 5.41) is 2.91. The minimum atomic E-state index is -0.526. The van der Waals surface area contributed by atoms with Gasteiger partial charge in [0.2, 0.25) is 0 Å². The van der Waals surface area contributed by atoms with Crippen LogP contribution in [0.1, 0.15) is 36.7 Å². The molecule has 0 unspecified atom stereocenters. The zero-order chi connectivity index (χ0) is 15.5. The first-order valence-corrected chi connectivity index (χ1v) is 6.95. The Balaban J connectivity index is 2.00. The number of rotatable bonds is 4. The lowest BCUT2D eigenvalue weighted by molar-refractivity contribution is -0.0753. The lowest BCUT2D eigenvalue weighted by Gasteiger charge is -2.42. The molecule has 1 aromatic carbocycles. The van der Waals surface area contributed by atoms with Gasteiger partial charge in [0.05, 0.1) is 18.8 Å². The number of aldehydes is 1. The third kappa shape index (κ3) is 4.29. The molecule has 1 N–H and O–H groups in total. The fraction of sp³-hybridized carbons (Fsp3) is 0.500. The van der Waals surface area contributed by atoms with Crippen LogP contribution in [-0.4, -0.2) is 36.7 Å². The summed E-state index contributed by atoms with van der Waals surface area (Å²) in [5.41, 5.74) is 0.727. The average Bonchev–Trinajstić information content (AvgIpc) is 2.34. The Kier molecular flexibility index (Phi) is 4.32. The van der Waals surface area contributed by atoms with E-state index in [1.807, 2.05) is 32.9 Å². The number of carbonyl (C=O) groups is 2. The molecule has 114 valence electrons. The van der Waals surface area contributed by atoms with Crippen LogP contribution >= 0.6 is 0 Å². The predicted molar refractivity (Wildman–Crippen MR) is 78.5 cm³/mol. The molecule has 0 bridgehead atoms. The van der Waals surface area contributed by atoms with Gasteiger partial charge >= 0.3 is 6.09 Å². The maximum absolute atomic E-state index is 11.9. The number of hydrogen-bond acceptors (Lipinski definition) is 4. The van der Waals surface area contributed by atoms with E-state index in [4.69, 9.17) is 9.47 Å². The Labute approximate surface area is 124 Å². The second-order valence-electron chi connectivity index (χ2n) is 6.44. The van der Waals surface area contributed by atoms with Gasteiger partial charge in [0.25, 0.3) is 0 Å². The van der Waals surface area contributed by atoms with Crippen molar-refractivity contribution in [2.24, 2.45) is 0 Å². The molecule has 5 heteroatoms. The van der Waals surface area contributed by atoms with Gasteiger partial charge in [-0.2, -0.15) is 0 Å². The molecule has 1 aromatic rings. The van der Waals surface area contributed by atoms with Gasteiger partial charge in [0.15, 0.2) is 0 Å². The van der Waals surface area contributed by atoms with Crippen molar-refractivity contribution in [1.29, 1.82) is 0 Å². The van der Waals surface area contributed by atoms with Crippen molar-refractivity contribution in [1.82, 2.24) is 5.32 Å². The van der Waals surface area contributed by atoms with E-state index < -0.39 is 17.2 Å². The van der Waals surface area contributed by atoms with Crippen LogP contribution in [0.5, 0.6) is 0 Å². The quantitative estimate of drug-likeness (QED) is 0.865. The van der Waals surface area contributed by atoms with Crippen molar-refractivity contribution in [3.05, 3.63) is 35.4 Å². The van der Waals surface area contributed by atoms with Gasteiger partial charge < -0.3 is 14.8 Å². The molecule has 5 nitrogen and oxygen atoms in total. The molecule has 1 amide bonds. The molecule has 0 spiro atoms. The van der Waals surface area contributed by atoms with Gasteiger partial charge in [-0.25, -0.2) is 4.79 Å². The van der Waals surface area contributed by atoms with Gasteiger partial charge in [-0.1, -0.05) is 24.3 Å². The molecular formula is C16H21NO4. The van der Waals surface area contributed by atoms with Crippen LogP contribution in [0.15, 0.2) is 24.3 Å². The zero-order valence-corrected chi connectivity index (χ0v) is 12.6. The highest BCUT2D eigenvalue weighted by molar-refractivity contribution is 5.74. The summed E-state index contributed by atoms with van der Waals surface area (Å²) in [5.74, 6) is 0. The van der Waals surface area contributed by atoms with Crippen LogP contribution in [0.3, 0.4) is 0 Å². The predicted octanol–water partition coefficient (Wildman–Crippen LogP) is 2.34. The lowest BCUT2D eigenvalue weighted by atomic mass is 9.89. The molecule has 1 fully saturated rings. The molecule has 21 heavy (non-hydrogen) atoms. The number of benzene rings is 1. The highest BCUT2D eigenvalue weighted by atomic mass is 16.6. The first-order chi connectivity index (χ1) is 9.82. The number of hydrogen-bond donors (Lipinski definition) is 1. The molecule has 0 radical (unpaired) electrons. The summed E-state index contributed by atoms with van der Waals surface area (Å²) in [7, 11) is 0. The normalized spacial score (nSPS) is 16.7. The monoisotopic (exact) mass is 291 g/mol. The maximum atomic E-state index is 11.9. The van der Waals surface area contributed by atoms with Crippen LogP contribution in [0.4, 0.5) is 4.79 Å². The van der Waals surface area contributed by atoms with Crippen LogP contribution in [0, 0.1) is 0 Å². The minimum absolute atomic E-state index is 0.426. The summed E-state index contributed by atoms with van der Waals surface area (Å²) < 4.78 is 10.6. The molecule has 1 aliphatic rings. The van der Waals surface area contributed by atoms with Crippen LogP contribution in [-0.2, 0) is 15.9 Å². The molecule has 0 saturated carbocycles. The molecule has 1 heterocycles. The highest BCUT2D eigenvalue weighted by Gasteiger charge is 2.41. The summed E-state index contributed by atoms with van der Waals surface area (Å²) >= 11 is 0. The summed E-state index contributed by atoms with van der Waals surface area (Å²) in [6.07, 6.45) is 1.02. The van der Waals surface area contributed by atoms with Crippen molar-refractivity contribution in [2.45, 2.75) is 38.3 Å². The molecule has 0 aromatic heterocycles. The van der Waals surface area contributed by atoms with Crippen molar-refractivity contribution >= 4 is 12.4 Å². The fourth-order valence-electron chi connectivity index (χ4n) is 2.19. The molecule has 1 saturated heterocycles. The third-order valence-corrected chi connectivity index (χ3v) is 3.18. The Morgan fingerprint density at radius 1 is 1.33 bits per heavy atom. The topological polar surface area (TPSA) is 64.6 Å². The van der Waals surface area contributed by atoms with Gasteiger partial charge in [0.1, 0.15) is 11.9 Å². The van der Waals surface area contributed by atoms with E-state index in [-0.39, 0.29) is 0 Å². The Morgan fingerprint density at radius 3 is 2.38 bits per heavy atom. The Bertz CT molecular complexity index is 512. The second kappa shape index (κ2) is 5.85. The number of amides is 1. The second-order valence-corrected chi connectivity index (χ2v) is 6.44. The molecule has 0 aliphatic carbocycles. The van der Waals surface area contributed by atoms with E-state index in [2.05, 4.69) is 5.32 Å². The van der Waals surface area contributed by atoms with Crippen molar-refractivity contribution < 1.29 is 19.1 Å². The smallest absolute Gasteiger partial charge is 0.408 e. The summed E-state index contributed by atoms with van der Waals surface area (Å²) in [4.78, 5) is 22.6. The van der Waals surface area contributed by atoms with Gasteiger partial charge in [-0.15, -0.1) is 0 Å². The van der Waals surface area contributed by atoms with Crippen LogP contribution in [0.25, 0.3) is 0 Å². The van der Waals surface area contributed by atoms with E-state index >= 15 is 0 Å². The van der Waals surface area contributed by atoms with Crippen LogP contribution in [0.2, 0.25) is 0 Å². The number of nitrogens with one attached hydrogen (secondary N) is 1. The minimum Gasteiger partial charge on any atom is -0.444 e. The van der Waals surface area contributed by atoms with E-state index in [0.717, 1.165) is 11.8 Å². The van der Waals surface area contributed by atoms with E-state index in [9.17, 15) is 9.59 Å². The maximum Gasteiger partial charge on any atom is 0.408 e. The van der Waals surface area contributed by atoms with E-state index in [0.29, 0.717) is 25.2 Å². The summed E-state index contributed by atoms with van der Waals surface area (Å²) in [6.45, 7) is 6.40.